The van der Waals surface area contributed by atoms with Gasteiger partial charge >= 0.3 is 5.97 Å². The SMILES string of the molecule is CC[C@]12C=CCN3CCc4c(n(c5ccccc45)C(C(=O)OC)=C1)[C@@H]32. The Hall–Kier alpha value is -2.33. The largest absolute Gasteiger partial charge is 0.464 e. The van der Waals surface area contributed by atoms with Crippen LogP contribution in [0.1, 0.15) is 30.6 Å². The zero-order valence-electron chi connectivity index (χ0n) is 14.7. The van der Waals surface area contributed by atoms with Crippen molar-refractivity contribution in [1.82, 2.24) is 9.47 Å². The second-order valence-electron chi connectivity index (χ2n) is 7.25. The van der Waals surface area contributed by atoms with Crippen LogP contribution in [-0.2, 0) is 16.0 Å². The maximum Gasteiger partial charge on any atom is 0.354 e. The molecular formula is C21H22N2O2. The Morgan fingerprint density at radius 1 is 1.36 bits per heavy atom. The summed E-state index contributed by atoms with van der Waals surface area (Å²) in [5, 5.41) is 1.27. The summed E-state index contributed by atoms with van der Waals surface area (Å²) in [7, 11) is 1.47. The number of benzene rings is 1. The highest BCUT2D eigenvalue weighted by Crippen LogP contribution is 2.55. The van der Waals surface area contributed by atoms with Crippen LogP contribution < -0.4 is 0 Å². The number of fused-ring (bicyclic) bond motifs is 3. The first-order valence-electron chi connectivity index (χ1n) is 9.05. The number of carbonyl (C=O) groups is 1. The molecular weight excluding hydrogens is 312 g/mol. The molecule has 0 spiro atoms. The Kier molecular flexibility index (Phi) is 3.04. The molecule has 0 saturated heterocycles. The highest BCUT2D eigenvalue weighted by atomic mass is 16.5. The molecule has 0 amide bonds. The van der Waals surface area contributed by atoms with Crippen molar-refractivity contribution in [2.24, 2.45) is 5.41 Å². The summed E-state index contributed by atoms with van der Waals surface area (Å²) in [5.41, 5.74) is 4.33. The summed E-state index contributed by atoms with van der Waals surface area (Å²) in [4.78, 5) is 15.2. The number of nitrogens with zero attached hydrogens (tertiary/aromatic N) is 2. The number of hydrogen-bond acceptors (Lipinski definition) is 3. The van der Waals surface area contributed by atoms with Crippen molar-refractivity contribution in [2.75, 3.05) is 20.2 Å². The van der Waals surface area contributed by atoms with Crippen LogP contribution >= 0.6 is 0 Å². The summed E-state index contributed by atoms with van der Waals surface area (Å²) >= 11 is 0. The van der Waals surface area contributed by atoms with Crippen LogP contribution in [0, 0.1) is 5.41 Å². The molecule has 3 aliphatic heterocycles. The van der Waals surface area contributed by atoms with Gasteiger partial charge in [-0.15, -0.1) is 0 Å². The van der Waals surface area contributed by atoms with Gasteiger partial charge in [0.1, 0.15) is 5.70 Å². The van der Waals surface area contributed by atoms with Gasteiger partial charge in [0.2, 0.25) is 0 Å². The van der Waals surface area contributed by atoms with Gasteiger partial charge in [-0.1, -0.05) is 37.3 Å². The van der Waals surface area contributed by atoms with Crippen molar-refractivity contribution in [3.05, 3.63) is 53.8 Å². The van der Waals surface area contributed by atoms with E-state index in [1.165, 1.54) is 23.8 Å². The molecule has 0 fully saturated rings. The Morgan fingerprint density at radius 2 is 2.20 bits per heavy atom. The molecule has 4 heterocycles. The molecule has 0 N–H and O–H groups in total. The molecule has 25 heavy (non-hydrogen) atoms. The molecule has 0 saturated carbocycles. The zero-order valence-corrected chi connectivity index (χ0v) is 14.7. The first-order chi connectivity index (χ1) is 12.2. The third-order valence-electron chi connectivity index (χ3n) is 6.22. The lowest BCUT2D eigenvalue weighted by molar-refractivity contribution is -0.134. The quantitative estimate of drug-likeness (QED) is 0.622. The Bertz CT molecular complexity index is 952. The van der Waals surface area contributed by atoms with Crippen molar-refractivity contribution in [1.29, 1.82) is 0 Å². The second kappa shape index (κ2) is 5.09. The van der Waals surface area contributed by atoms with Crippen molar-refractivity contribution in [3.63, 3.8) is 0 Å². The van der Waals surface area contributed by atoms with E-state index >= 15 is 0 Å². The number of esters is 1. The third-order valence-corrected chi connectivity index (χ3v) is 6.22. The van der Waals surface area contributed by atoms with Crippen molar-refractivity contribution in [2.45, 2.75) is 25.8 Å². The molecule has 2 atom stereocenters. The van der Waals surface area contributed by atoms with Gasteiger partial charge in [-0.05, 0) is 30.5 Å². The fraction of sp³-hybridized carbons (Fsp3) is 0.381. The molecule has 3 aliphatic rings. The molecule has 4 nitrogen and oxygen atoms in total. The molecule has 0 unspecified atom stereocenters. The molecule has 0 aliphatic carbocycles. The number of hydrogen-bond donors (Lipinski definition) is 0. The molecule has 5 rings (SSSR count). The van der Waals surface area contributed by atoms with Gasteiger partial charge in [-0.2, -0.15) is 0 Å². The molecule has 2 aromatic rings. The summed E-state index contributed by atoms with van der Waals surface area (Å²) in [6, 6.07) is 8.74. The minimum atomic E-state index is -0.258. The number of methoxy groups -OCH3 is 1. The van der Waals surface area contributed by atoms with E-state index in [1.54, 1.807) is 0 Å². The summed E-state index contributed by atoms with van der Waals surface area (Å²) in [6.07, 6.45) is 8.72. The summed E-state index contributed by atoms with van der Waals surface area (Å²) in [5.74, 6) is -0.258. The molecule has 1 aromatic heterocycles. The first-order valence-corrected chi connectivity index (χ1v) is 9.05. The predicted octanol–water partition coefficient (Wildman–Crippen LogP) is 3.53. The minimum Gasteiger partial charge on any atom is -0.464 e. The second-order valence-corrected chi connectivity index (χ2v) is 7.25. The lowest BCUT2D eigenvalue weighted by Gasteiger charge is -2.50. The Labute approximate surface area is 147 Å². The van der Waals surface area contributed by atoms with Crippen molar-refractivity contribution < 1.29 is 9.53 Å². The van der Waals surface area contributed by atoms with E-state index in [4.69, 9.17) is 4.74 Å². The van der Waals surface area contributed by atoms with Crippen LogP contribution in [0.15, 0.2) is 42.5 Å². The third kappa shape index (κ3) is 1.78. The van der Waals surface area contributed by atoms with E-state index < -0.39 is 0 Å². The maximum atomic E-state index is 12.7. The van der Waals surface area contributed by atoms with E-state index in [0.717, 1.165) is 31.4 Å². The van der Waals surface area contributed by atoms with Crippen LogP contribution in [0.5, 0.6) is 0 Å². The van der Waals surface area contributed by atoms with Gasteiger partial charge in [0.05, 0.1) is 18.7 Å². The van der Waals surface area contributed by atoms with Gasteiger partial charge in [0.15, 0.2) is 0 Å². The van der Waals surface area contributed by atoms with Gasteiger partial charge in [0.25, 0.3) is 0 Å². The molecule has 0 radical (unpaired) electrons. The number of ether oxygens (including phenoxy) is 1. The van der Waals surface area contributed by atoms with Crippen LogP contribution in [0.2, 0.25) is 0 Å². The fourth-order valence-electron chi connectivity index (χ4n) is 5.10. The molecule has 1 aromatic carbocycles. The standard InChI is InChI=1S/C21H22N2O2/c1-3-21-10-6-11-22-12-9-15-14-7-4-5-8-16(14)23(18(15)19(21)22)17(13-21)20(24)25-2/h4-8,10,13,19H,3,9,11-12H2,1-2H3/t19-,21+/m1/s1. The first kappa shape index (κ1) is 15.0. The van der Waals surface area contributed by atoms with E-state index in [9.17, 15) is 4.79 Å². The van der Waals surface area contributed by atoms with Crippen LogP contribution in [0.3, 0.4) is 0 Å². The average Bonchev–Trinajstić information content (AvgIpc) is 3.01. The lowest BCUT2D eigenvalue weighted by Crippen LogP contribution is -2.49. The highest BCUT2D eigenvalue weighted by molar-refractivity contribution is 6.13. The molecule has 4 heteroatoms. The van der Waals surface area contributed by atoms with Gasteiger partial charge in [-0.25, -0.2) is 4.79 Å². The van der Waals surface area contributed by atoms with Crippen LogP contribution in [0.25, 0.3) is 16.6 Å². The zero-order chi connectivity index (χ0) is 17.2. The number of para-hydroxylation sites is 1. The normalized spacial score (nSPS) is 27.1. The van der Waals surface area contributed by atoms with Crippen LogP contribution in [-0.4, -0.2) is 35.6 Å². The van der Waals surface area contributed by atoms with E-state index in [1.807, 2.05) is 6.07 Å². The van der Waals surface area contributed by atoms with Crippen molar-refractivity contribution >= 4 is 22.6 Å². The van der Waals surface area contributed by atoms with E-state index in [0.29, 0.717) is 11.7 Å². The summed E-state index contributed by atoms with van der Waals surface area (Å²) < 4.78 is 7.32. The summed E-state index contributed by atoms with van der Waals surface area (Å²) in [6.45, 7) is 4.26. The smallest absolute Gasteiger partial charge is 0.354 e. The number of rotatable bonds is 2. The Morgan fingerprint density at radius 3 is 3.00 bits per heavy atom. The van der Waals surface area contributed by atoms with Crippen molar-refractivity contribution in [3.8, 4) is 0 Å². The number of carbonyl (C=O) groups excluding carboxylic acids is 1. The molecule has 128 valence electrons. The van der Waals surface area contributed by atoms with E-state index in [-0.39, 0.29) is 11.4 Å². The maximum absolute atomic E-state index is 12.7. The minimum absolute atomic E-state index is 0.138. The Balaban J connectivity index is 1.92. The van der Waals surface area contributed by atoms with Gasteiger partial charge in [-0.3, -0.25) is 4.90 Å². The average molecular weight is 334 g/mol. The monoisotopic (exact) mass is 334 g/mol. The predicted molar refractivity (Wildman–Crippen MR) is 98.1 cm³/mol. The lowest BCUT2D eigenvalue weighted by atomic mass is 9.69. The fourth-order valence-corrected chi connectivity index (χ4v) is 5.10. The highest BCUT2D eigenvalue weighted by Gasteiger charge is 2.49. The molecule has 0 bridgehead atoms. The van der Waals surface area contributed by atoms with E-state index in [2.05, 4.69) is 52.8 Å². The van der Waals surface area contributed by atoms with Gasteiger partial charge in [0, 0.05) is 29.6 Å². The topological polar surface area (TPSA) is 34.5 Å². The van der Waals surface area contributed by atoms with Gasteiger partial charge < -0.3 is 9.30 Å². The number of aromatic nitrogens is 1. The van der Waals surface area contributed by atoms with Crippen LogP contribution in [0.4, 0.5) is 0 Å².